The van der Waals surface area contributed by atoms with E-state index in [9.17, 15) is 52.7 Å². The molecule has 2 nitrogen and oxygen atoms in total. The fourth-order valence-electron chi connectivity index (χ4n) is 7.85. The van der Waals surface area contributed by atoms with Crippen LogP contribution in [-0.4, -0.2) is 11.1 Å². The number of hydrogen-bond donors (Lipinski definition) is 0. The molecule has 350 valence electrons. The van der Waals surface area contributed by atoms with Crippen LogP contribution in [0.4, 0.5) is 87.8 Å². The Balaban J connectivity index is 0.000000246. The molecule has 0 saturated heterocycles. The van der Waals surface area contributed by atoms with Gasteiger partial charge in [0.05, 0.1) is 18.0 Å². The van der Waals surface area contributed by atoms with Crippen LogP contribution in [0.1, 0.15) is 5.56 Å². The second-order valence-electron chi connectivity index (χ2n) is 14.4. The van der Waals surface area contributed by atoms with Crippen LogP contribution in [0.3, 0.4) is 0 Å². The maximum Gasteiger partial charge on any atom is 0.231 e. The Hall–Kier alpha value is -7.46. The summed E-state index contributed by atoms with van der Waals surface area (Å²) in [5.41, 5.74) is -10.7. The van der Waals surface area contributed by atoms with Gasteiger partial charge in [-0.1, -0.05) is 66.7 Å². The zero-order valence-electron chi connectivity index (χ0n) is 32.9. The van der Waals surface area contributed by atoms with Crippen LogP contribution in [0.5, 0.6) is 0 Å². The first-order chi connectivity index (χ1) is 32.1. The molecule has 0 saturated carbocycles. The molecule has 0 spiro atoms. The lowest BCUT2D eigenvalue weighted by molar-refractivity contribution is -0.677. The lowest BCUT2D eigenvalue weighted by Crippen LogP contribution is -2.81. The van der Waals surface area contributed by atoms with Crippen LogP contribution >= 0.6 is 0 Å². The summed E-state index contributed by atoms with van der Waals surface area (Å²) < 4.78 is 296. The van der Waals surface area contributed by atoms with E-state index in [1.807, 2.05) is 24.7 Å². The van der Waals surface area contributed by atoms with E-state index in [0.717, 1.165) is 12.2 Å². The fourth-order valence-corrected chi connectivity index (χ4v) is 7.85. The van der Waals surface area contributed by atoms with Crippen LogP contribution < -0.4 is 26.4 Å². The Morgan fingerprint density at radius 3 is 1.06 bits per heavy atom. The second kappa shape index (κ2) is 18.3. The van der Waals surface area contributed by atoms with Crippen molar-refractivity contribution < 1.29 is 92.4 Å². The first kappa shape index (κ1) is 48.5. The molecule has 8 aromatic rings. The van der Waals surface area contributed by atoms with Gasteiger partial charge in [-0.25, -0.2) is 87.8 Å². The Kier molecular flexibility index (Phi) is 13.1. The second-order valence-corrected chi connectivity index (χ2v) is 14.4. The van der Waals surface area contributed by atoms with Gasteiger partial charge in [0.15, 0.2) is 82.5 Å². The molecule has 23 heteroatoms. The molecule has 0 aliphatic carbocycles. The molecule has 0 aliphatic heterocycles. The molecule has 1 aromatic heterocycles. The topological polar surface area (TPSA) is 16.8 Å². The van der Waals surface area contributed by atoms with Gasteiger partial charge in [-0.2, -0.15) is 4.57 Å². The van der Waals surface area contributed by atoms with E-state index in [0.29, 0.717) is 0 Å². The summed E-state index contributed by atoms with van der Waals surface area (Å²) in [5, 5.41) is 2.50. The average Bonchev–Trinajstić information content (AvgIpc) is 3.34. The van der Waals surface area contributed by atoms with Crippen molar-refractivity contribution in [3.63, 3.8) is 0 Å². The molecule has 1 heterocycles. The normalized spacial score (nSPS) is 11.6. The smallest absolute Gasteiger partial charge is 0.231 e. The van der Waals surface area contributed by atoms with E-state index in [2.05, 4.69) is 76.3 Å². The Labute approximate surface area is 366 Å². The highest BCUT2D eigenvalue weighted by Gasteiger charge is 2.52. The summed E-state index contributed by atoms with van der Waals surface area (Å²) in [6.07, 6.45) is -1.38. The Bertz CT molecular complexity index is 2950. The van der Waals surface area contributed by atoms with Gasteiger partial charge in [-0.3, -0.25) is 4.98 Å². The predicted octanol–water partition coefficient (Wildman–Crippen LogP) is 10.1. The van der Waals surface area contributed by atoms with Crippen molar-refractivity contribution >= 4 is 38.8 Å². The third kappa shape index (κ3) is 7.52. The number of benzene rings is 7. The standard InChI is InChI=1S/C24BF20.C21H17N2/c26-5-1(6(27)14(35)21(42)13(5)34)25(2-7(28)15(36)22(43)16(37)8(2)29,3-9(30)17(38)23(44)18(39)10(3)31)4-11(32)19(40)24(45)20(41)12(4)33;1-2-7-17(8-3-1)16-23-14-13-22-15-21(23)20-12-6-10-18-9-4-5-11-19(18)20/h;1-15H,16H2/q-1;+1. The van der Waals surface area contributed by atoms with Crippen molar-refractivity contribution in [3.8, 4) is 11.3 Å². The Morgan fingerprint density at radius 1 is 0.353 bits per heavy atom. The van der Waals surface area contributed by atoms with E-state index in [1.54, 1.807) is 0 Å². The molecule has 0 atom stereocenters. The van der Waals surface area contributed by atoms with Crippen LogP contribution in [0.15, 0.2) is 91.4 Å². The molecular weight excluding hydrogens is 959 g/mol. The van der Waals surface area contributed by atoms with Crippen LogP contribution in [-0.2, 0) is 6.54 Å². The van der Waals surface area contributed by atoms with Crippen LogP contribution in [0, 0.1) is 116 Å². The number of nitrogens with zero attached hydrogens (tertiary/aromatic N) is 2. The highest BCUT2D eigenvalue weighted by atomic mass is 19.2. The molecule has 0 aliphatic rings. The summed E-state index contributed by atoms with van der Waals surface area (Å²) in [6.45, 7) is 0.835. The van der Waals surface area contributed by atoms with Crippen molar-refractivity contribution in [2.75, 3.05) is 0 Å². The minimum atomic E-state index is -7.22. The molecule has 7 aromatic carbocycles. The van der Waals surface area contributed by atoms with Gasteiger partial charge in [0, 0.05) is 5.56 Å². The van der Waals surface area contributed by atoms with Crippen molar-refractivity contribution in [1.29, 1.82) is 0 Å². The number of halogens is 20. The van der Waals surface area contributed by atoms with Crippen molar-refractivity contribution in [1.82, 2.24) is 4.98 Å². The van der Waals surface area contributed by atoms with Crippen molar-refractivity contribution in [3.05, 3.63) is 213 Å². The third-order valence-electron chi connectivity index (χ3n) is 10.8. The number of hydrogen-bond acceptors (Lipinski definition) is 1. The quantitative estimate of drug-likeness (QED) is 0.0512. The lowest BCUT2D eigenvalue weighted by Gasteiger charge is -2.44. The minimum absolute atomic E-state index is 0.835. The van der Waals surface area contributed by atoms with Gasteiger partial charge in [0.1, 0.15) is 52.7 Å². The first-order valence-electron chi connectivity index (χ1n) is 18.7. The van der Waals surface area contributed by atoms with Crippen molar-refractivity contribution in [2.45, 2.75) is 6.54 Å². The molecule has 0 radical (unpaired) electrons. The lowest BCUT2D eigenvalue weighted by atomic mass is 9.12. The summed E-state index contributed by atoms with van der Waals surface area (Å²) in [4.78, 5) is 4.35. The third-order valence-corrected chi connectivity index (χ3v) is 10.8. The monoisotopic (exact) mass is 976 g/mol. The van der Waals surface area contributed by atoms with Crippen LogP contribution in [0.2, 0.25) is 0 Å². The average molecular weight is 976 g/mol. The number of fused-ring (bicyclic) bond motifs is 1. The largest absolute Gasteiger partial charge is 0.252 e. The molecule has 8 rings (SSSR count). The molecule has 0 N–H and O–H groups in total. The molecule has 0 fully saturated rings. The van der Waals surface area contributed by atoms with E-state index in [4.69, 9.17) is 0 Å². The molecule has 0 unspecified atom stereocenters. The highest BCUT2D eigenvalue weighted by Crippen LogP contribution is 2.31. The van der Waals surface area contributed by atoms with E-state index < -0.39 is 144 Å². The molecular formula is C45H17BF20N2. The molecule has 68 heavy (non-hydrogen) atoms. The van der Waals surface area contributed by atoms with Gasteiger partial charge in [-0.05, 0) is 16.8 Å². The summed E-state index contributed by atoms with van der Waals surface area (Å²) >= 11 is 0. The summed E-state index contributed by atoms with van der Waals surface area (Å²) in [6, 6.07) is 25.4. The van der Waals surface area contributed by atoms with E-state index >= 15 is 35.1 Å². The number of rotatable bonds is 7. The maximum absolute atomic E-state index is 15.4. The zero-order valence-corrected chi connectivity index (χ0v) is 32.9. The van der Waals surface area contributed by atoms with Gasteiger partial charge in [0.2, 0.25) is 5.69 Å². The van der Waals surface area contributed by atoms with Gasteiger partial charge < -0.3 is 0 Å². The minimum Gasteiger partial charge on any atom is -0.252 e. The number of aromatic nitrogens is 2. The summed E-state index contributed by atoms with van der Waals surface area (Å²) in [7, 11) is 0. The fraction of sp³-hybridized carbons (Fsp3) is 0.0222. The van der Waals surface area contributed by atoms with Gasteiger partial charge in [-0.15, -0.1) is 21.9 Å². The van der Waals surface area contributed by atoms with Gasteiger partial charge >= 0.3 is 0 Å². The molecule has 0 amide bonds. The SMILES string of the molecule is Fc1c(F)c(F)c([B-](c2c(F)c(F)c(F)c(F)c2F)(c2c(F)c(F)c(F)c(F)c2F)c2c(F)c(F)c(F)c(F)c2F)c(F)c1F.c1ccc(C[n+]2ccncc2-c2cccc3ccccc23)cc1. The predicted molar refractivity (Wildman–Crippen MR) is 202 cm³/mol. The first-order valence-corrected chi connectivity index (χ1v) is 18.7. The van der Waals surface area contributed by atoms with Crippen molar-refractivity contribution in [2.24, 2.45) is 0 Å². The zero-order chi connectivity index (χ0) is 49.8. The van der Waals surface area contributed by atoms with Gasteiger partial charge in [0.25, 0.3) is 0 Å². The Morgan fingerprint density at radius 2 is 0.676 bits per heavy atom. The molecule has 0 bridgehead atoms. The van der Waals surface area contributed by atoms with E-state index in [-0.39, 0.29) is 0 Å². The maximum atomic E-state index is 15.4. The summed E-state index contributed by atoms with van der Waals surface area (Å²) in [5.74, 6) is -71.4. The van der Waals surface area contributed by atoms with E-state index in [1.165, 1.54) is 21.9 Å². The highest BCUT2D eigenvalue weighted by molar-refractivity contribution is 7.20. The van der Waals surface area contributed by atoms with Crippen LogP contribution in [0.25, 0.3) is 22.0 Å².